The van der Waals surface area contributed by atoms with Gasteiger partial charge in [-0.05, 0) is 30.9 Å². The first-order chi connectivity index (χ1) is 8.69. The van der Waals surface area contributed by atoms with Gasteiger partial charge in [0.05, 0.1) is 6.04 Å². The first-order valence-electron chi connectivity index (χ1n) is 6.76. The number of rotatable bonds is 7. The van der Waals surface area contributed by atoms with E-state index in [1.165, 1.54) is 11.1 Å². The number of hydrogen-bond acceptors (Lipinski definition) is 2. The van der Waals surface area contributed by atoms with Crippen LogP contribution in [-0.2, 0) is 17.8 Å². The molecule has 1 atom stereocenters. The van der Waals surface area contributed by atoms with E-state index in [9.17, 15) is 4.79 Å². The maximum atomic E-state index is 11.7. The van der Waals surface area contributed by atoms with Gasteiger partial charge in [0.15, 0.2) is 0 Å². The summed E-state index contributed by atoms with van der Waals surface area (Å²) in [4.78, 5) is 11.7. The van der Waals surface area contributed by atoms with Crippen LogP contribution in [-0.4, -0.2) is 18.5 Å². The molecule has 1 unspecified atom stereocenters. The standard InChI is InChI=1S/C15H24N2O/c1-4-10-16-15(18)12(3)17-11-14-9-7-6-8-13(14)5-2/h6-9,12,17H,4-5,10-11H2,1-3H3,(H,16,18). The molecule has 0 bridgehead atoms. The zero-order chi connectivity index (χ0) is 13.4. The lowest BCUT2D eigenvalue weighted by atomic mass is 10.1. The van der Waals surface area contributed by atoms with Gasteiger partial charge >= 0.3 is 0 Å². The van der Waals surface area contributed by atoms with Crippen LogP contribution in [0.3, 0.4) is 0 Å². The molecule has 0 aromatic heterocycles. The van der Waals surface area contributed by atoms with Crippen molar-refractivity contribution < 1.29 is 4.79 Å². The molecule has 3 nitrogen and oxygen atoms in total. The van der Waals surface area contributed by atoms with Crippen molar-refractivity contribution in [2.24, 2.45) is 0 Å². The molecule has 0 saturated carbocycles. The minimum absolute atomic E-state index is 0.0748. The smallest absolute Gasteiger partial charge is 0.236 e. The third-order valence-electron chi connectivity index (χ3n) is 3.04. The van der Waals surface area contributed by atoms with Crippen LogP contribution in [0.2, 0.25) is 0 Å². The number of nitrogens with one attached hydrogen (secondary N) is 2. The largest absolute Gasteiger partial charge is 0.355 e. The molecule has 3 heteroatoms. The Hall–Kier alpha value is -1.35. The molecule has 1 aromatic carbocycles. The molecular weight excluding hydrogens is 224 g/mol. The minimum atomic E-state index is -0.151. The monoisotopic (exact) mass is 248 g/mol. The quantitative estimate of drug-likeness (QED) is 0.777. The Balaban J connectivity index is 2.46. The van der Waals surface area contributed by atoms with Crippen LogP contribution >= 0.6 is 0 Å². The molecule has 0 fully saturated rings. The van der Waals surface area contributed by atoms with Gasteiger partial charge in [-0.1, -0.05) is 38.1 Å². The predicted octanol–water partition coefficient (Wildman–Crippen LogP) is 2.25. The Labute approximate surface area is 110 Å². The summed E-state index contributed by atoms with van der Waals surface area (Å²) >= 11 is 0. The molecule has 1 aromatic rings. The van der Waals surface area contributed by atoms with Crippen LogP contribution < -0.4 is 10.6 Å². The summed E-state index contributed by atoms with van der Waals surface area (Å²) in [5.41, 5.74) is 2.61. The van der Waals surface area contributed by atoms with E-state index in [0.717, 1.165) is 25.9 Å². The topological polar surface area (TPSA) is 41.1 Å². The van der Waals surface area contributed by atoms with Crippen molar-refractivity contribution in [3.05, 3.63) is 35.4 Å². The maximum absolute atomic E-state index is 11.7. The number of carbonyl (C=O) groups excluding carboxylic acids is 1. The fourth-order valence-electron chi connectivity index (χ4n) is 1.83. The van der Waals surface area contributed by atoms with Crippen LogP contribution in [0, 0.1) is 0 Å². The lowest BCUT2D eigenvalue weighted by Gasteiger charge is -2.15. The van der Waals surface area contributed by atoms with Crippen molar-refractivity contribution in [2.75, 3.05) is 6.54 Å². The Morgan fingerprint density at radius 2 is 1.89 bits per heavy atom. The number of benzene rings is 1. The third kappa shape index (κ3) is 4.49. The average Bonchev–Trinajstić information content (AvgIpc) is 2.42. The molecule has 0 spiro atoms. The Bertz CT molecular complexity index is 377. The molecule has 0 heterocycles. The summed E-state index contributed by atoms with van der Waals surface area (Å²) in [5, 5.41) is 6.17. The Morgan fingerprint density at radius 1 is 1.22 bits per heavy atom. The van der Waals surface area contributed by atoms with Crippen molar-refractivity contribution in [1.82, 2.24) is 10.6 Å². The summed E-state index contributed by atoms with van der Waals surface area (Å²) < 4.78 is 0. The van der Waals surface area contributed by atoms with E-state index >= 15 is 0 Å². The molecule has 18 heavy (non-hydrogen) atoms. The van der Waals surface area contributed by atoms with Crippen LogP contribution in [0.5, 0.6) is 0 Å². The van der Waals surface area contributed by atoms with Crippen LogP contribution in [0.15, 0.2) is 24.3 Å². The van der Waals surface area contributed by atoms with E-state index in [1.807, 2.05) is 13.0 Å². The van der Waals surface area contributed by atoms with Gasteiger partial charge in [0.25, 0.3) is 0 Å². The summed E-state index contributed by atoms with van der Waals surface area (Å²) in [5.74, 6) is 0.0748. The van der Waals surface area contributed by atoms with E-state index in [4.69, 9.17) is 0 Å². The summed E-state index contributed by atoms with van der Waals surface area (Å²) in [6, 6.07) is 8.19. The molecule has 2 N–H and O–H groups in total. The fourth-order valence-corrected chi connectivity index (χ4v) is 1.83. The second kappa shape index (κ2) is 7.88. The summed E-state index contributed by atoms with van der Waals surface area (Å²) in [6.45, 7) is 7.59. The highest BCUT2D eigenvalue weighted by molar-refractivity contribution is 5.81. The number of hydrogen-bond donors (Lipinski definition) is 2. The van der Waals surface area contributed by atoms with Crippen molar-refractivity contribution in [3.8, 4) is 0 Å². The van der Waals surface area contributed by atoms with E-state index in [-0.39, 0.29) is 11.9 Å². The normalized spacial score (nSPS) is 12.2. The van der Waals surface area contributed by atoms with Crippen LogP contribution in [0.4, 0.5) is 0 Å². The number of carbonyl (C=O) groups is 1. The Morgan fingerprint density at radius 3 is 2.50 bits per heavy atom. The van der Waals surface area contributed by atoms with Gasteiger partial charge in [-0.3, -0.25) is 4.79 Å². The third-order valence-corrected chi connectivity index (χ3v) is 3.04. The van der Waals surface area contributed by atoms with Crippen molar-refractivity contribution in [1.29, 1.82) is 0 Å². The zero-order valence-corrected chi connectivity index (χ0v) is 11.6. The Kier molecular flexibility index (Phi) is 6.44. The molecular formula is C15H24N2O. The second-order valence-corrected chi connectivity index (χ2v) is 4.52. The zero-order valence-electron chi connectivity index (χ0n) is 11.6. The van der Waals surface area contributed by atoms with Crippen molar-refractivity contribution in [2.45, 2.75) is 46.2 Å². The number of aryl methyl sites for hydroxylation is 1. The molecule has 0 aliphatic heterocycles. The van der Waals surface area contributed by atoms with Crippen LogP contribution in [0.25, 0.3) is 0 Å². The highest BCUT2D eigenvalue weighted by Crippen LogP contribution is 2.09. The van der Waals surface area contributed by atoms with E-state index in [2.05, 4.69) is 42.7 Å². The molecule has 1 amide bonds. The van der Waals surface area contributed by atoms with Crippen molar-refractivity contribution in [3.63, 3.8) is 0 Å². The van der Waals surface area contributed by atoms with Crippen molar-refractivity contribution >= 4 is 5.91 Å². The highest BCUT2D eigenvalue weighted by Gasteiger charge is 2.11. The maximum Gasteiger partial charge on any atom is 0.236 e. The first-order valence-corrected chi connectivity index (χ1v) is 6.76. The van der Waals surface area contributed by atoms with Gasteiger partial charge in [0, 0.05) is 13.1 Å². The molecule has 0 saturated heterocycles. The average molecular weight is 248 g/mol. The highest BCUT2D eigenvalue weighted by atomic mass is 16.2. The first kappa shape index (κ1) is 14.7. The van der Waals surface area contributed by atoms with Gasteiger partial charge in [-0.2, -0.15) is 0 Å². The summed E-state index contributed by atoms with van der Waals surface area (Å²) in [6.07, 6.45) is 1.99. The lowest BCUT2D eigenvalue weighted by Crippen LogP contribution is -2.42. The molecule has 0 radical (unpaired) electrons. The van der Waals surface area contributed by atoms with Gasteiger partial charge in [0.1, 0.15) is 0 Å². The molecule has 100 valence electrons. The fraction of sp³-hybridized carbons (Fsp3) is 0.533. The van der Waals surface area contributed by atoms with E-state index in [0.29, 0.717) is 0 Å². The van der Waals surface area contributed by atoms with E-state index < -0.39 is 0 Å². The predicted molar refractivity (Wildman–Crippen MR) is 75.4 cm³/mol. The molecule has 1 rings (SSSR count). The van der Waals surface area contributed by atoms with Gasteiger partial charge in [0.2, 0.25) is 5.91 Å². The SMILES string of the molecule is CCCNC(=O)C(C)NCc1ccccc1CC. The van der Waals surface area contributed by atoms with E-state index in [1.54, 1.807) is 0 Å². The second-order valence-electron chi connectivity index (χ2n) is 4.52. The van der Waals surface area contributed by atoms with Gasteiger partial charge < -0.3 is 10.6 Å². The number of amides is 1. The van der Waals surface area contributed by atoms with Gasteiger partial charge in [-0.15, -0.1) is 0 Å². The van der Waals surface area contributed by atoms with Gasteiger partial charge in [-0.25, -0.2) is 0 Å². The lowest BCUT2D eigenvalue weighted by molar-refractivity contribution is -0.122. The molecule has 0 aliphatic rings. The summed E-state index contributed by atoms with van der Waals surface area (Å²) in [7, 11) is 0. The minimum Gasteiger partial charge on any atom is -0.355 e. The molecule has 0 aliphatic carbocycles. The van der Waals surface area contributed by atoms with Crippen LogP contribution in [0.1, 0.15) is 38.3 Å².